The van der Waals surface area contributed by atoms with Crippen LogP contribution in [0.25, 0.3) is 0 Å². The van der Waals surface area contributed by atoms with Crippen LogP contribution in [0.15, 0.2) is 29.2 Å². The minimum Gasteiger partial charge on any atom is -0.481 e. The molecule has 0 aromatic heterocycles. The van der Waals surface area contributed by atoms with Crippen molar-refractivity contribution in [2.45, 2.75) is 18.2 Å². The summed E-state index contributed by atoms with van der Waals surface area (Å²) in [7, 11) is -3.47. The molecule has 0 spiro atoms. The first-order valence-electron chi connectivity index (χ1n) is 7.26. The van der Waals surface area contributed by atoms with E-state index in [1.54, 1.807) is 12.1 Å². The number of urea groups is 1. The van der Waals surface area contributed by atoms with Gasteiger partial charge in [0.2, 0.25) is 0 Å². The lowest BCUT2D eigenvalue weighted by atomic mass is 9.91. The van der Waals surface area contributed by atoms with Gasteiger partial charge >= 0.3 is 12.0 Å². The number of nitrogens with one attached hydrogen (secondary N) is 1. The number of carbonyl (C=O) groups is 2. The minimum absolute atomic E-state index is 0.0354. The predicted octanol–water partition coefficient (Wildman–Crippen LogP) is 1.66. The van der Waals surface area contributed by atoms with Crippen LogP contribution in [-0.2, 0) is 14.6 Å². The van der Waals surface area contributed by atoms with Gasteiger partial charge in [0.05, 0.1) is 16.5 Å². The Balaban J connectivity index is 2.18. The molecule has 0 bridgehead atoms. The van der Waals surface area contributed by atoms with E-state index in [2.05, 4.69) is 5.32 Å². The molecule has 1 aromatic rings. The zero-order valence-electron chi connectivity index (χ0n) is 13.0. The number of likely N-dealkylation sites (tertiary alicyclic amines) is 1. The maximum absolute atomic E-state index is 12.4. The molecular formula is C15H20N2O5S. The number of sulfone groups is 1. The SMILES string of the molecule is CC1CC(C(=O)O)CN(C(=O)Nc2ccccc2S(C)(=O)=O)C1. The molecule has 23 heavy (non-hydrogen) atoms. The quantitative estimate of drug-likeness (QED) is 0.871. The second-order valence-electron chi connectivity index (χ2n) is 5.98. The number of nitrogens with zero attached hydrogens (tertiary/aromatic N) is 1. The number of piperidine rings is 1. The summed E-state index contributed by atoms with van der Waals surface area (Å²) in [6.45, 7) is 2.45. The molecule has 2 amide bonds. The minimum atomic E-state index is -3.47. The van der Waals surface area contributed by atoms with Crippen molar-refractivity contribution in [1.29, 1.82) is 0 Å². The van der Waals surface area contributed by atoms with E-state index < -0.39 is 27.8 Å². The van der Waals surface area contributed by atoms with Gasteiger partial charge in [-0.25, -0.2) is 13.2 Å². The monoisotopic (exact) mass is 340 g/mol. The number of rotatable bonds is 3. The highest BCUT2D eigenvalue weighted by atomic mass is 32.2. The van der Waals surface area contributed by atoms with Crippen molar-refractivity contribution in [2.75, 3.05) is 24.7 Å². The molecule has 7 nitrogen and oxygen atoms in total. The molecule has 1 aliphatic rings. The van der Waals surface area contributed by atoms with Crippen molar-refractivity contribution in [3.8, 4) is 0 Å². The van der Waals surface area contributed by atoms with E-state index in [9.17, 15) is 18.0 Å². The number of anilines is 1. The van der Waals surface area contributed by atoms with Gasteiger partial charge in [-0.15, -0.1) is 0 Å². The fourth-order valence-electron chi connectivity index (χ4n) is 2.78. The highest BCUT2D eigenvalue weighted by Gasteiger charge is 2.32. The van der Waals surface area contributed by atoms with Crippen LogP contribution in [0.5, 0.6) is 0 Å². The summed E-state index contributed by atoms with van der Waals surface area (Å²) in [6.07, 6.45) is 1.60. The summed E-state index contributed by atoms with van der Waals surface area (Å²) in [4.78, 5) is 25.0. The third-order valence-electron chi connectivity index (χ3n) is 3.82. The number of aliphatic carboxylic acids is 1. The number of para-hydroxylation sites is 1. The number of amides is 2. The Morgan fingerprint density at radius 1 is 1.26 bits per heavy atom. The van der Waals surface area contributed by atoms with Crippen molar-refractivity contribution in [2.24, 2.45) is 11.8 Å². The standard InChI is InChI=1S/C15H20N2O5S/c1-10-7-11(14(18)19)9-17(8-10)15(20)16-12-5-3-4-6-13(12)23(2,21)22/h3-6,10-11H,7-9H2,1-2H3,(H,16,20)(H,18,19). The van der Waals surface area contributed by atoms with Gasteiger partial charge in [0, 0.05) is 19.3 Å². The number of hydrogen-bond acceptors (Lipinski definition) is 4. The Kier molecular flexibility index (Phi) is 4.93. The van der Waals surface area contributed by atoms with E-state index >= 15 is 0 Å². The number of carboxylic acid groups (broad SMARTS) is 1. The second kappa shape index (κ2) is 6.57. The van der Waals surface area contributed by atoms with Crippen molar-refractivity contribution in [1.82, 2.24) is 4.90 Å². The smallest absolute Gasteiger partial charge is 0.321 e. The van der Waals surface area contributed by atoms with E-state index in [0.29, 0.717) is 13.0 Å². The predicted molar refractivity (Wildman–Crippen MR) is 85.1 cm³/mol. The first-order valence-corrected chi connectivity index (χ1v) is 9.15. The van der Waals surface area contributed by atoms with Crippen LogP contribution in [0.1, 0.15) is 13.3 Å². The Morgan fingerprint density at radius 2 is 1.91 bits per heavy atom. The van der Waals surface area contributed by atoms with Crippen molar-refractivity contribution in [3.63, 3.8) is 0 Å². The Bertz CT molecular complexity index is 716. The number of benzene rings is 1. The summed E-state index contributed by atoms with van der Waals surface area (Å²) in [6, 6.07) is 5.65. The Hall–Kier alpha value is -2.09. The molecule has 0 radical (unpaired) electrons. The zero-order chi connectivity index (χ0) is 17.2. The van der Waals surface area contributed by atoms with Gasteiger partial charge in [-0.05, 0) is 24.5 Å². The van der Waals surface area contributed by atoms with Gasteiger partial charge < -0.3 is 15.3 Å². The topological polar surface area (TPSA) is 104 Å². The molecule has 0 aliphatic carbocycles. The highest BCUT2D eigenvalue weighted by Crippen LogP contribution is 2.24. The maximum atomic E-state index is 12.4. The Morgan fingerprint density at radius 3 is 2.52 bits per heavy atom. The van der Waals surface area contributed by atoms with Crippen LogP contribution in [0.4, 0.5) is 10.5 Å². The van der Waals surface area contributed by atoms with Gasteiger partial charge in [-0.1, -0.05) is 19.1 Å². The van der Waals surface area contributed by atoms with E-state index in [0.717, 1.165) is 6.26 Å². The fourth-order valence-corrected chi connectivity index (χ4v) is 3.63. The van der Waals surface area contributed by atoms with Crippen LogP contribution >= 0.6 is 0 Å². The summed E-state index contributed by atoms with van der Waals surface area (Å²) < 4.78 is 23.5. The summed E-state index contributed by atoms with van der Waals surface area (Å²) >= 11 is 0. The van der Waals surface area contributed by atoms with Crippen molar-refractivity contribution in [3.05, 3.63) is 24.3 Å². The molecule has 2 rings (SSSR count). The molecule has 1 saturated heterocycles. The fraction of sp³-hybridized carbons (Fsp3) is 0.467. The van der Waals surface area contributed by atoms with Crippen molar-refractivity contribution >= 4 is 27.5 Å². The van der Waals surface area contributed by atoms with E-state index in [4.69, 9.17) is 5.11 Å². The number of carbonyl (C=O) groups excluding carboxylic acids is 1. The van der Waals surface area contributed by atoms with Crippen LogP contribution in [0, 0.1) is 11.8 Å². The van der Waals surface area contributed by atoms with E-state index in [-0.39, 0.29) is 23.0 Å². The highest BCUT2D eigenvalue weighted by molar-refractivity contribution is 7.90. The molecule has 8 heteroatoms. The molecule has 126 valence electrons. The molecule has 0 saturated carbocycles. The van der Waals surface area contributed by atoms with E-state index in [1.165, 1.54) is 17.0 Å². The largest absolute Gasteiger partial charge is 0.481 e. The first-order chi connectivity index (χ1) is 10.7. The average Bonchev–Trinajstić information content (AvgIpc) is 2.46. The molecule has 2 unspecified atom stereocenters. The molecule has 1 aromatic carbocycles. The molecule has 1 heterocycles. The lowest BCUT2D eigenvalue weighted by Crippen LogP contribution is -2.47. The summed E-state index contributed by atoms with van der Waals surface area (Å²) in [5.41, 5.74) is 0.199. The molecule has 1 aliphatic heterocycles. The molecule has 1 fully saturated rings. The first kappa shape index (κ1) is 17.3. The Labute approximate surface area is 135 Å². The van der Waals surface area contributed by atoms with Crippen LogP contribution in [0.2, 0.25) is 0 Å². The van der Waals surface area contributed by atoms with Crippen LogP contribution in [0.3, 0.4) is 0 Å². The van der Waals surface area contributed by atoms with Gasteiger partial charge in [-0.2, -0.15) is 0 Å². The molecular weight excluding hydrogens is 320 g/mol. The summed E-state index contributed by atoms with van der Waals surface area (Å²) in [5, 5.41) is 11.7. The van der Waals surface area contributed by atoms with Gasteiger partial charge in [0.25, 0.3) is 0 Å². The third-order valence-corrected chi connectivity index (χ3v) is 4.98. The second-order valence-corrected chi connectivity index (χ2v) is 7.96. The summed E-state index contributed by atoms with van der Waals surface area (Å²) in [5.74, 6) is -1.46. The molecule has 2 N–H and O–H groups in total. The van der Waals surface area contributed by atoms with E-state index in [1.807, 2.05) is 6.92 Å². The van der Waals surface area contributed by atoms with Gasteiger partial charge in [-0.3, -0.25) is 4.79 Å². The lowest BCUT2D eigenvalue weighted by Gasteiger charge is -2.34. The number of carboxylic acids is 1. The maximum Gasteiger partial charge on any atom is 0.321 e. The van der Waals surface area contributed by atoms with Crippen molar-refractivity contribution < 1.29 is 23.1 Å². The molecule has 2 atom stereocenters. The zero-order valence-corrected chi connectivity index (χ0v) is 13.8. The third kappa shape index (κ3) is 4.22. The van der Waals surface area contributed by atoms with Gasteiger partial charge in [0.15, 0.2) is 9.84 Å². The number of hydrogen-bond donors (Lipinski definition) is 2. The van der Waals surface area contributed by atoms with Crippen LogP contribution < -0.4 is 5.32 Å². The normalized spacial score (nSPS) is 21.7. The average molecular weight is 340 g/mol. The van der Waals surface area contributed by atoms with Crippen LogP contribution in [-0.4, -0.2) is 49.8 Å². The lowest BCUT2D eigenvalue weighted by molar-refractivity contribution is -0.143. The van der Waals surface area contributed by atoms with Gasteiger partial charge in [0.1, 0.15) is 0 Å².